The van der Waals surface area contributed by atoms with Crippen molar-refractivity contribution in [3.05, 3.63) is 63.6 Å². The number of halogens is 2. The van der Waals surface area contributed by atoms with Crippen molar-refractivity contribution in [2.24, 2.45) is 5.92 Å². The van der Waals surface area contributed by atoms with Gasteiger partial charge in [-0.2, -0.15) is 0 Å². The molecule has 0 aromatic heterocycles. The average Bonchev–Trinajstić information content (AvgIpc) is 2.67. The van der Waals surface area contributed by atoms with Crippen LogP contribution in [0, 0.1) is 5.92 Å². The lowest BCUT2D eigenvalue weighted by Gasteiger charge is -2.38. The van der Waals surface area contributed by atoms with Gasteiger partial charge in [-0.05, 0) is 55.6 Å². The molecule has 4 nitrogen and oxygen atoms in total. The van der Waals surface area contributed by atoms with Crippen molar-refractivity contribution in [2.75, 3.05) is 19.7 Å². The first-order chi connectivity index (χ1) is 13.0. The summed E-state index contributed by atoms with van der Waals surface area (Å²) in [5.41, 5.74) is 1.92. The van der Waals surface area contributed by atoms with Gasteiger partial charge in [0.25, 0.3) is 0 Å². The number of hydrogen-bond acceptors (Lipinski definition) is 3. The number of likely N-dealkylation sites (tertiary alicyclic amines) is 1. The highest BCUT2D eigenvalue weighted by Gasteiger charge is 2.32. The maximum atomic E-state index is 11.5. The molecule has 1 aliphatic rings. The minimum Gasteiger partial charge on any atom is -0.494 e. The smallest absolute Gasteiger partial charge is 0.307 e. The number of nitrogens with zero attached hydrogens (tertiary/aromatic N) is 1. The molecule has 1 fully saturated rings. The summed E-state index contributed by atoms with van der Waals surface area (Å²) in [5, 5.41) is 10.5. The SMILES string of the molecule is CCOc1ccc(C(c2cccc(Cl)c2Cl)N2CCCC(C(=O)O)C2)cc1. The van der Waals surface area contributed by atoms with Gasteiger partial charge in [-0.3, -0.25) is 9.69 Å². The topological polar surface area (TPSA) is 49.8 Å². The van der Waals surface area contributed by atoms with E-state index in [0.29, 0.717) is 29.6 Å². The van der Waals surface area contributed by atoms with Gasteiger partial charge in [0.1, 0.15) is 5.75 Å². The van der Waals surface area contributed by atoms with Crippen molar-refractivity contribution in [3.8, 4) is 5.75 Å². The van der Waals surface area contributed by atoms with Crippen LogP contribution in [0.1, 0.15) is 36.9 Å². The largest absolute Gasteiger partial charge is 0.494 e. The van der Waals surface area contributed by atoms with Gasteiger partial charge in [-0.1, -0.05) is 47.5 Å². The van der Waals surface area contributed by atoms with E-state index in [2.05, 4.69) is 4.90 Å². The molecule has 1 N–H and O–H groups in total. The van der Waals surface area contributed by atoms with E-state index in [1.165, 1.54) is 0 Å². The van der Waals surface area contributed by atoms with Crippen LogP contribution < -0.4 is 4.74 Å². The first-order valence-electron chi connectivity index (χ1n) is 9.14. The van der Waals surface area contributed by atoms with E-state index in [0.717, 1.165) is 29.8 Å². The molecule has 2 atom stereocenters. The molecule has 1 aliphatic heterocycles. The molecule has 2 aromatic carbocycles. The molecular formula is C21H23Cl2NO3. The Labute approximate surface area is 169 Å². The van der Waals surface area contributed by atoms with Crippen LogP contribution in [0.3, 0.4) is 0 Å². The number of carboxylic acids is 1. The monoisotopic (exact) mass is 407 g/mol. The van der Waals surface area contributed by atoms with E-state index in [1.807, 2.05) is 43.3 Å². The molecule has 27 heavy (non-hydrogen) atoms. The Balaban J connectivity index is 2.01. The Morgan fingerprint density at radius 3 is 2.67 bits per heavy atom. The van der Waals surface area contributed by atoms with Crippen molar-refractivity contribution in [2.45, 2.75) is 25.8 Å². The maximum absolute atomic E-state index is 11.5. The van der Waals surface area contributed by atoms with Crippen LogP contribution in [0.15, 0.2) is 42.5 Å². The summed E-state index contributed by atoms with van der Waals surface area (Å²) in [4.78, 5) is 13.7. The third-order valence-corrected chi connectivity index (χ3v) is 5.78. The molecule has 0 bridgehead atoms. The molecule has 0 saturated carbocycles. The van der Waals surface area contributed by atoms with E-state index in [-0.39, 0.29) is 12.0 Å². The molecule has 0 aliphatic carbocycles. The van der Waals surface area contributed by atoms with Crippen LogP contribution in [0.5, 0.6) is 5.75 Å². The van der Waals surface area contributed by atoms with Crippen LogP contribution in [0.2, 0.25) is 10.0 Å². The molecular weight excluding hydrogens is 385 g/mol. The molecule has 1 heterocycles. The Morgan fingerprint density at radius 2 is 2.00 bits per heavy atom. The van der Waals surface area contributed by atoms with E-state index < -0.39 is 5.97 Å². The average molecular weight is 408 g/mol. The van der Waals surface area contributed by atoms with Crippen molar-refractivity contribution in [1.29, 1.82) is 0 Å². The van der Waals surface area contributed by atoms with Gasteiger partial charge in [-0.15, -0.1) is 0 Å². The summed E-state index contributed by atoms with van der Waals surface area (Å²) >= 11 is 12.8. The summed E-state index contributed by atoms with van der Waals surface area (Å²) in [6.07, 6.45) is 1.54. The minimum atomic E-state index is -0.748. The van der Waals surface area contributed by atoms with Crippen molar-refractivity contribution in [3.63, 3.8) is 0 Å². The second-order valence-electron chi connectivity index (χ2n) is 6.72. The van der Waals surface area contributed by atoms with Crippen molar-refractivity contribution >= 4 is 29.2 Å². The molecule has 1 saturated heterocycles. The summed E-state index contributed by atoms with van der Waals surface area (Å²) in [6.45, 7) is 3.85. The van der Waals surface area contributed by atoms with Gasteiger partial charge in [0.05, 0.1) is 28.6 Å². The van der Waals surface area contributed by atoms with Gasteiger partial charge in [-0.25, -0.2) is 0 Å². The fourth-order valence-electron chi connectivity index (χ4n) is 3.67. The number of benzene rings is 2. The second kappa shape index (κ2) is 8.96. The quantitative estimate of drug-likeness (QED) is 0.707. The predicted molar refractivity (Wildman–Crippen MR) is 108 cm³/mol. The molecule has 0 amide bonds. The molecule has 2 aromatic rings. The highest BCUT2D eigenvalue weighted by Crippen LogP contribution is 2.39. The number of hydrogen-bond donors (Lipinski definition) is 1. The molecule has 3 rings (SSSR count). The van der Waals surface area contributed by atoms with Gasteiger partial charge in [0, 0.05) is 6.54 Å². The lowest BCUT2D eigenvalue weighted by Crippen LogP contribution is -2.41. The molecule has 144 valence electrons. The zero-order chi connectivity index (χ0) is 19.4. The third kappa shape index (κ3) is 4.57. The van der Waals surface area contributed by atoms with Crippen LogP contribution in [-0.2, 0) is 4.79 Å². The Hall–Kier alpha value is -1.75. The normalized spacial score (nSPS) is 18.9. The van der Waals surface area contributed by atoms with Crippen molar-refractivity contribution < 1.29 is 14.6 Å². The molecule has 2 unspecified atom stereocenters. The molecule has 6 heteroatoms. The number of ether oxygens (including phenoxy) is 1. The van der Waals surface area contributed by atoms with Gasteiger partial charge >= 0.3 is 5.97 Å². The fraction of sp³-hybridized carbons (Fsp3) is 0.381. The summed E-state index contributed by atoms with van der Waals surface area (Å²) in [5.74, 6) is -0.316. The summed E-state index contributed by atoms with van der Waals surface area (Å²) < 4.78 is 5.54. The Morgan fingerprint density at radius 1 is 1.26 bits per heavy atom. The first kappa shape index (κ1) is 20.0. The zero-order valence-electron chi connectivity index (χ0n) is 15.2. The van der Waals surface area contributed by atoms with Crippen molar-refractivity contribution in [1.82, 2.24) is 4.90 Å². The summed E-state index contributed by atoms with van der Waals surface area (Å²) in [6, 6.07) is 13.3. The standard InChI is InChI=1S/C21H23Cl2NO3/c1-2-27-16-10-8-14(9-11-16)20(17-6-3-7-18(22)19(17)23)24-12-4-5-15(13-24)21(25)26/h3,6-11,15,20H,2,4-5,12-13H2,1H3,(H,25,26). The lowest BCUT2D eigenvalue weighted by atomic mass is 9.91. The molecule has 0 spiro atoms. The van der Waals surface area contributed by atoms with Crippen LogP contribution >= 0.6 is 23.2 Å². The van der Waals surface area contributed by atoms with Gasteiger partial charge < -0.3 is 9.84 Å². The summed E-state index contributed by atoms with van der Waals surface area (Å²) in [7, 11) is 0. The van der Waals surface area contributed by atoms with Crippen LogP contribution in [-0.4, -0.2) is 35.7 Å². The lowest BCUT2D eigenvalue weighted by molar-refractivity contribution is -0.143. The van der Waals surface area contributed by atoms with Gasteiger partial charge in [0.15, 0.2) is 0 Å². The van der Waals surface area contributed by atoms with Crippen LogP contribution in [0.25, 0.3) is 0 Å². The number of piperidine rings is 1. The number of aliphatic carboxylic acids is 1. The van der Waals surface area contributed by atoms with E-state index in [1.54, 1.807) is 6.07 Å². The second-order valence-corrected chi connectivity index (χ2v) is 7.51. The number of carbonyl (C=O) groups is 1. The van der Waals surface area contributed by atoms with Gasteiger partial charge in [0.2, 0.25) is 0 Å². The van der Waals surface area contributed by atoms with E-state index >= 15 is 0 Å². The number of rotatable bonds is 6. The maximum Gasteiger partial charge on any atom is 0.307 e. The fourth-order valence-corrected chi connectivity index (χ4v) is 4.09. The van der Waals surface area contributed by atoms with Crippen LogP contribution in [0.4, 0.5) is 0 Å². The number of carboxylic acid groups (broad SMARTS) is 1. The predicted octanol–water partition coefficient (Wildman–Crippen LogP) is 5.28. The highest BCUT2D eigenvalue weighted by atomic mass is 35.5. The third-order valence-electron chi connectivity index (χ3n) is 4.95. The van der Waals surface area contributed by atoms with E-state index in [4.69, 9.17) is 27.9 Å². The zero-order valence-corrected chi connectivity index (χ0v) is 16.7. The first-order valence-corrected chi connectivity index (χ1v) is 9.90. The minimum absolute atomic E-state index is 0.158. The molecule has 0 radical (unpaired) electrons. The Kier molecular flexibility index (Phi) is 6.64. The Bertz CT molecular complexity index is 795. The van der Waals surface area contributed by atoms with E-state index in [9.17, 15) is 9.90 Å². The highest BCUT2D eigenvalue weighted by molar-refractivity contribution is 6.42.